The van der Waals surface area contributed by atoms with E-state index in [0.717, 1.165) is 17.5 Å². The molecule has 0 heterocycles. The van der Waals surface area contributed by atoms with Crippen molar-refractivity contribution >= 4 is 29.5 Å². The molecule has 0 aromatic heterocycles. The highest BCUT2D eigenvalue weighted by molar-refractivity contribution is 5.90. The maximum Gasteiger partial charge on any atom is 0.323 e. The number of ether oxygens (including phenoxy) is 2. The predicted molar refractivity (Wildman–Crippen MR) is 106 cm³/mol. The lowest BCUT2D eigenvalue weighted by Gasteiger charge is -2.09. The van der Waals surface area contributed by atoms with E-state index in [0.29, 0.717) is 0 Å². The number of hydrogen-bond acceptors (Lipinski definition) is 8. The second-order valence-corrected chi connectivity index (χ2v) is 5.90. The topological polar surface area (TPSA) is 132 Å². The Kier molecular flexibility index (Phi) is 7.24. The Morgan fingerprint density at radius 3 is 2.48 bits per heavy atom. The Morgan fingerprint density at radius 1 is 1.21 bits per heavy atom. The standard InChI is InChI=1S/C19H20N4O6/c1-12-4-7-15(8-5-12)20-11-17(25)22-21-10-14-6-9-16(29-13(2)24)19(28-3)18(14)23(26)27/h4-10,20H,11H2,1-3H3,(H,22,25)/b21-10+. The number of carbonyl (C=O) groups is 2. The molecule has 0 saturated heterocycles. The van der Waals surface area contributed by atoms with Crippen LogP contribution in [0.3, 0.4) is 0 Å². The Labute approximate surface area is 166 Å². The maximum absolute atomic E-state index is 11.9. The highest BCUT2D eigenvalue weighted by atomic mass is 16.6. The van der Waals surface area contributed by atoms with Gasteiger partial charge in [-0.25, -0.2) is 5.43 Å². The van der Waals surface area contributed by atoms with Crippen LogP contribution in [0.2, 0.25) is 0 Å². The van der Waals surface area contributed by atoms with Gasteiger partial charge in [-0.3, -0.25) is 19.7 Å². The summed E-state index contributed by atoms with van der Waals surface area (Å²) in [4.78, 5) is 33.8. The van der Waals surface area contributed by atoms with E-state index in [1.54, 1.807) is 0 Å². The molecular weight excluding hydrogens is 380 g/mol. The van der Waals surface area contributed by atoms with Crippen molar-refractivity contribution in [3.05, 3.63) is 57.6 Å². The highest BCUT2D eigenvalue weighted by Crippen LogP contribution is 2.39. The monoisotopic (exact) mass is 400 g/mol. The first-order chi connectivity index (χ1) is 13.8. The average Bonchev–Trinajstić information content (AvgIpc) is 2.67. The van der Waals surface area contributed by atoms with Gasteiger partial charge in [-0.15, -0.1) is 0 Å². The molecule has 10 nitrogen and oxygen atoms in total. The van der Waals surface area contributed by atoms with Gasteiger partial charge in [0, 0.05) is 12.6 Å². The molecule has 2 N–H and O–H groups in total. The molecule has 29 heavy (non-hydrogen) atoms. The van der Waals surface area contributed by atoms with E-state index < -0.39 is 22.5 Å². The van der Waals surface area contributed by atoms with Gasteiger partial charge in [-0.1, -0.05) is 17.7 Å². The molecule has 0 radical (unpaired) electrons. The van der Waals surface area contributed by atoms with Crippen LogP contribution in [0.25, 0.3) is 0 Å². The van der Waals surface area contributed by atoms with Crippen LogP contribution in [0.15, 0.2) is 41.5 Å². The molecule has 0 spiro atoms. The van der Waals surface area contributed by atoms with E-state index in [2.05, 4.69) is 15.8 Å². The van der Waals surface area contributed by atoms with E-state index in [4.69, 9.17) is 9.47 Å². The summed E-state index contributed by atoms with van der Waals surface area (Å²) in [6, 6.07) is 10.2. The number of carbonyl (C=O) groups excluding carboxylic acids is 2. The number of esters is 1. The summed E-state index contributed by atoms with van der Waals surface area (Å²) in [5.41, 5.74) is 3.78. The molecule has 0 aliphatic rings. The second kappa shape index (κ2) is 9.83. The molecule has 2 rings (SSSR count). The quantitative estimate of drug-likeness (QED) is 0.229. The van der Waals surface area contributed by atoms with Gasteiger partial charge in [0.05, 0.1) is 30.4 Å². The van der Waals surface area contributed by atoms with Gasteiger partial charge >= 0.3 is 11.7 Å². The summed E-state index contributed by atoms with van der Waals surface area (Å²) in [6.45, 7) is 3.09. The first-order valence-electron chi connectivity index (χ1n) is 8.48. The summed E-state index contributed by atoms with van der Waals surface area (Å²) in [5, 5.41) is 18.1. The van der Waals surface area contributed by atoms with Crippen LogP contribution >= 0.6 is 0 Å². The van der Waals surface area contributed by atoms with Gasteiger partial charge in [0.25, 0.3) is 5.91 Å². The van der Waals surface area contributed by atoms with Crippen molar-refractivity contribution < 1.29 is 24.0 Å². The van der Waals surface area contributed by atoms with Crippen molar-refractivity contribution in [2.45, 2.75) is 13.8 Å². The third kappa shape index (κ3) is 6.03. The lowest BCUT2D eigenvalue weighted by molar-refractivity contribution is -0.385. The molecule has 10 heteroatoms. The molecule has 0 bridgehead atoms. The highest BCUT2D eigenvalue weighted by Gasteiger charge is 2.25. The number of anilines is 1. The number of amides is 1. The maximum atomic E-state index is 11.9. The second-order valence-electron chi connectivity index (χ2n) is 5.90. The smallest absolute Gasteiger partial charge is 0.323 e. The minimum absolute atomic E-state index is 0.0306. The fourth-order valence-electron chi connectivity index (χ4n) is 2.36. The molecule has 1 amide bonds. The van der Waals surface area contributed by atoms with E-state index in [1.807, 2.05) is 31.2 Å². The fraction of sp³-hybridized carbons (Fsp3) is 0.211. The Bertz CT molecular complexity index is 940. The third-order valence-corrected chi connectivity index (χ3v) is 3.66. The van der Waals surface area contributed by atoms with Crippen LogP contribution in [0.1, 0.15) is 18.1 Å². The Balaban J connectivity index is 2.08. The Morgan fingerprint density at radius 2 is 1.90 bits per heavy atom. The zero-order valence-corrected chi connectivity index (χ0v) is 16.1. The number of benzene rings is 2. The summed E-state index contributed by atoms with van der Waals surface area (Å²) in [5.74, 6) is -1.39. The van der Waals surface area contributed by atoms with Crippen molar-refractivity contribution in [1.29, 1.82) is 0 Å². The van der Waals surface area contributed by atoms with E-state index in [1.165, 1.54) is 26.2 Å². The third-order valence-electron chi connectivity index (χ3n) is 3.66. The summed E-state index contributed by atoms with van der Waals surface area (Å²) in [7, 11) is 1.22. The number of aryl methyl sites for hydroxylation is 1. The first-order valence-corrected chi connectivity index (χ1v) is 8.48. The van der Waals surface area contributed by atoms with E-state index in [9.17, 15) is 19.7 Å². The first kappa shape index (κ1) is 21.4. The predicted octanol–water partition coefficient (Wildman–Crippen LogP) is 2.40. The molecule has 0 unspecified atom stereocenters. The number of hydrogen-bond donors (Lipinski definition) is 2. The number of methoxy groups -OCH3 is 1. The van der Waals surface area contributed by atoms with Crippen LogP contribution in [0.4, 0.5) is 11.4 Å². The zero-order valence-electron chi connectivity index (χ0n) is 16.1. The SMILES string of the molecule is COc1c(OC(C)=O)ccc(/C=N/NC(=O)CNc2ccc(C)cc2)c1[N+](=O)[O-]. The number of nitro groups is 1. The van der Waals surface area contributed by atoms with Gasteiger partial charge in [-0.2, -0.15) is 5.10 Å². The molecule has 0 fully saturated rings. The molecule has 0 aliphatic heterocycles. The van der Waals surface area contributed by atoms with Gasteiger partial charge in [0.2, 0.25) is 5.75 Å². The molecule has 152 valence electrons. The van der Waals surface area contributed by atoms with Gasteiger partial charge in [0.15, 0.2) is 5.75 Å². The molecule has 2 aromatic carbocycles. The van der Waals surface area contributed by atoms with E-state index >= 15 is 0 Å². The molecule has 0 atom stereocenters. The van der Waals surface area contributed by atoms with Crippen LogP contribution < -0.4 is 20.2 Å². The summed E-state index contributed by atoms with van der Waals surface area (Å²) in [6.07, 6.45) is 1.11. The number of hydrazone groups is 1. The minimum Gasteiger partial charge on any atom is -0.488 e. The van der Waals surface area contributed by atoms with Gasteiger partial charge in [0.1, 0.15) is 0 Å². The van der Waals surface area contributed by atoms with Crippen molar-refractivity contribution in [3.8, 4) is 11.5 Å². The fourth-order valence-corrected chi connectivity index (χ4v) is 2.36. The molecule has 0 aliphatic carbocycles. The normalized spacial score (nSPS) is 10.4. The number of rotatable bonds is 8. The summed E-state index contributed by atoms with van der Waals surface area (Å²) < 4.78 is 9.94. The lowest BCUT2D eigenvalue weighted by atomic mass is 10.1. The number of nitrogens with one attached hydrogen (secondary N) is 2. The molecule has 2 aromatic rings. The van der Waals surface area contributed by atoms with Crippen LogP contribution in [0, 0.1) is 17.0 Å². The van der Waals surface area contributed by atoms with Crippen LogP contribution in [-0.4, -0.2) is 36.7 Å². The van der Waals surface area contributed by atoms with Crippen LogP contribution in [0.5, 0.6) is 11.5 Å². The minimum atomic E-state index is -0.687. The molecular formula is C19H20N4O6. The van der Waals surface area contributed by atoms with Crippen molar-refractivity contribution in [3.63, 3.8) is 0 Å². The largest absolute Gasteiger partial charge is 0.488 e. The summed E-state index contributed by atoms with van der Waals surface area (Å²) >= 11 is 0. The van der Waals surface area contributed by atoms with Crippen LogP contribution in [-0.2, 0) is 9.59 Å². The van der Waals surface area contributed by atoms with Crippen molar-refractivity contribution in [2.24, 2.45) is 5.10 Å². The van der Waals surface area contributed by atoms with Crippen molar-refractivity contribution in [1.82, 2.24) is 5.43 Å². The lowest BCUT2D eigenvalue weighted by Crippen LogP contribution is -2.25. The molecule has 0 saturated carbocycles. The van der Waals surface area contributed by atoms with Gasteiger partial charge < -0.3 is 14.8 Å². The van der Waals surface area contributed by atoms with Gasteiger partial charge in [-0.05, 0) is 31.2 Å². The van der Waals surface area contributed by atoms with Crippen molar-refractivity contribution in [2.75, 3.05) is 19.0 Å². The van der Waals surface area contributed by atoms with E-state index in [-0.39, 0.29) is 23.6 Å². The number of nitro benzene ring substituents is 1. The number of nitrogens with zero attached hydrogens (tertiary/aromatic N) is 2. The average molecular weight is 400 g/mol. The Hall–Kier alpha value is -3.95. The zero-order chi connectivity index (χ0) is 21.4.